The first-order chi connectivity index (χ1) is 5.54. The van der Waals surface area contributed by atoms with Crippen molar-refractivity contribution in [1.29, 1.82) is 0 Å². The van der Waals surface area contributed by atoms with Gasteiger partial charge in [0.15, 0.2) is 0 Å². The smallest absolute Gasteiger partial charge is 0.337 e. The van der Waals surface area contributed by atoms with E-state index < -0.39 is 18.0 Å². The van der Waals surface area contributed by atoms with Crippen LogP contribution >= 0.6 is 0 Å². The van der Waals surface area contributed by atoms with Crippen molar-refractivity contribution in [1.82, 2.24) is 0 Å². The van der Waals surface area contributed by atoms with Gasteiger partial charge >= 0.3 is 12.0 Å². The summed E-state index contributed by atoms with van der Waals surface area (Å²) in [7, 11) is 0. The zero-order chi connectivity index (χ0) is 9.56. The van der Waals surface area contributed by atoms with Crippen molar-refractivity contribution < 1.29 is 14.7 Å². The molecule has 0 saturated heterocycles. The Morgan fingerprint density at radius 3 is 2.58 bits per heavy atom. The minimum absolute atomic E-state index is 0.242. The fraction of sp³-hybridized carbons (Fsp3) is 0.500. The van der Waals surface area contributed by atoms with E-state index >= 15 is 0 Å². The van der Waals surface area contributed by atoms with Gasteiger partial charge in [0.1, 0.15) is 6.04 Å². The van der Waals surface area contributed by atoms with Gasteiger partial charge in [0.2, 0.25) is 0 Å². The summed E-state index contributed by atoms with van der Waals surface area (Å²) in [5.74, 6) is -1.07. The van der Waals surface area contributed by atoms with Gasteiger partial charge in [-0.2, -0.15) is 0 Å². The van der Waals surface area contributed by atoms with Gasteiger partial charge in [0, 0.05) is 6.21 Å². The molecule has 0 aromatic heterocycles. The molecule has 2 amide bonds. The van der Waals surface area contributed by atoms with Crippen molar-refractivity contribution in [3.05, 3.63) is 0 Å². The van der Waals surface area contributed by atoms with E-state index in [-0.39, 0.29) is 6.42 Å². The molecule has 12 heavy (non-hydrogen) atoms. The molecule has 0 fully saturated rings. The number of aliphatic carboxylic acids is 1. The first-order valence-electron chi connectivity index (χ1n) is 3.34. The van der Waals surface area contributed by atoms with E-state index in [1.165, 1.54) is 6.21 Å². The highest BCUT2D eigenvalue weighted by atomic mass is 16.4. The third-order valence-corrected chi connectivity index (χ3v) is 1.14. The van der Waals surface area contributed by atoms with E-state index in [9.17, 15) is 9.59 Å². The number of carbonyl (C=O) groups excluding carboxylic acids is 1. The van der Waals surface area contributed by atoms with Crippen LogP contribution in [0.5, 0.6) is 0 Å². The number of aliphatic imine (C=N–C) groups is 1. The molecule has 0 aromatic rings. The van der Waals surface area contributed by atoms with Gasteiger partial charge in [0.25, 0.3) is 0 Å². The van der Waals surface area contributed by atoms with Gasteiger partial charge in [-0.1, -0.05) is 0 Å². The number of hydrogen-bond acceptors (Lipinski definition) is 3. The fourth-order valence-electron chi connectivity index (χ4n) is 0.532. The highest BCUT2D eigenvalue weighted by molar-refractivity contribution is 5.82. The molecular formula is C6H11N3O3. The second kappa shape index (κ2) is 5.25. The molecule has 0 radical (unpaired) electrons. The number of carboxylic acids is 1. The maximum Gasteiger partial charge on any atom is 0.337 e. The summed E-state index contributed by atoms with van der Waals surface area (Å²) in [5, 5.41) is 8.33. The molecule has 0 rings (SSSR count). The number of hydrogen-bond donors (Lipinski definition) is 3. The summed E-state index contributed by atoms with van der Waals surface area (Å²) in [6.45, 7) is 0. The first kappa shape index (κ1) is 10.6. The van der Waals surface area contributed by atoms with Crippen LogP contribution in [0.1, 0.15) is 12.8 Å². The Hall–Kier alpha value is -1.43. The molecule has 1 atom stereocenters. The van der Waals surface area contributed by atoms with E-state index in [0.29, 0.717) is 6.42 Å². The molecule has 0 heterocycles. The Morgan fingerprint density at radius 2 is 2.17 bits per heavy atom. The maximum atomic E-state index is 10.2. The quantitative estimate of drug-likeness (QED) is 0.488. The van der Waals surface area contributed by atoms with Crippen LogP contribution in [0.3, 0.4) is 0 Å². The molecule has 0 aromatic carbocycles. The lowest BCUT2D eigenvalue weighted by molar-refractivity contribution is -0.138. The SMILES string of the molecule is NC(=O)N=CCC[C@H](N)C(=O)O. The molecule has 0 saturated carbocycles. The Kier molecular flexibility index (Phi) is 4.62. The predicted molar refractivity (Wildman–Crippen MR) is 42.9 cm³/mol. The van der Waals surface area contributed by atoms with E-state index in [1.54, 1.807) is 0 Å². The molecule has 0 spiro atoms. The van der Waals surface area contributed by atoms with Gasteiger partial charge in [-0.05, 0) is 12.8 Å². The van der Waals surface area contributed by atoms with Crippen molar-refractivity contribution in [2.75, 3.05) is 0 Å². The maximum absolute atomic E-state index is 10.2. The van der Waals surface area contributed by atoms with Crippen LogP contribution in [0.25, 0.3) is 0 Å². The van der Waals surface area contributed by atoms with E-state index in [1.807, 2.05) is 0 Å². The number of carbonyl (C=O) groups is 2. The second-order valence-electron chi connectivity index (χ2n) is 2.17. The molecule has 5 N–H and O–H groups in total. The van der Waals surface area contributed by atoms with E-state index in [4.69, 9.17) is 10.8 Å². The number of amides is 2. The standard InChI is InChI=1S/C6H11N3O3/c7-4(5(10)11)2-1-3-9-6(8)12/h3-4H,1-2,7H2,(H2,8,12)(H,10,11)/t4-/m0/s1. The summed E-state index contributed by atoms with van der Waals surface area (Å²) in [4.78, 5) is 23.4. The van der Waals surface area contributed by atoms with Crippen molar-refractivity contribution in [3.63, 3.8) is 0 Å². The van der Waals surface area contributed by atoms with Crippen LogP contribution in [0.2, 0.25) is 0 Å². The monoisotopic (exact) mass is 173 g/mol. The highest BCUT2D eigenvalue weighted by Crippen LogP contribution is 1.91. The number of nitrogens with zero attached hydrogens (tertiary/aromatic N) is 1. The van der Waals surface area contributed by atoms with Crippen LogP contribution < -0.4 is 11.5 Å². The average Bonchev–Trinajstić information content (AvgIpc) is 1.97. The van der Waals surface area contributed by atoms with Crippen LogP contribution in [-0.4, -0.2) is 29.4 Å². The number of carboxylic acid groups (broad SMARTS) is 1. The lowest BCUT2D eigenvalue weighted by Gasteiger charge is -2.01. The fourth-order valence-corrected chi connectivity index (χ4v) is 0.532. The Morgan fingerprint density at radius 1 is 1.58 bits per heavy atom. The summed E-state index contributed by atoms with van der Waals surface area (Å²) < 4.78 is 0. The van der Waals surface area contributed by atoms with Gasteiger partial charge in [0.05, 0.1) is 0 Å². The third kappa shape index (κ3) is 5.36. The summed E-state index contributed by atoms with van der Waals surface area (Å²) in [6.07, 6.45) is 1.83. The second-order valence-corrected chi connectivity index (χ2v) is 2.17. The zero-order valence-corrected chi connectivity index (χ0v) is 6.43. The van der Waals surface area contributed by atoms with Crippen LogP contribution in [0, 0.1) is 0 Å². The van der Waals surface area contributed by atoms with Crippen LogP contribution in [0.15, 0.2) is 4.99 Å². The largest absolute Gasteiger partial charge is 0.480 e. The Bertz CT molecular complexity index is 202. The molecular weight excluding hydrogens is 162 g/mol. The van der Waals surface area contributed by atoms with E-state index in [2.05, 4.69) is 10.7 Å². The predicted octanol–water partition coefficient (Wildman–Crippen LogP) is -0.672. The molecule has 6 heteroatoms. The molecule has 68 valence electrons. The molecule has 0 bridgehead atoms. The zero-order valence-electron chi connectivity index (χ0n) is 6.43. The normalized spacial score (nSPS) is 13.1. The van der Waals surface area contributed by atoms with Crippen LogP contribution in [-0.2, 0) is 4.79 Å². The number of nitrogens with two attached hydrogens (primary N) is 2. The highest BCUT2D eigenvalue weighted by Gasteiger charge is 2.08. The van der Waals surface area contributed by atoms with Crippen molar-refractivity contribution in [2.24, 2.45) is 16.5 Å². The van der Waals surface area contributed by atoms with Gasteiger partial charge in [-0.15, -0.1) is 0 Å². The Labute approximate surface area is 69.3 Å². The Balaban J connectivity index is 3.56. The summed E-state index contributed by atoms with van der Waals surface area (Å²) in [6, 6.07) is -1.71. The van der Waals surface area contributed by atoms with Crippen molar-refractivity contribution >= 4 is 18.2 Å². The molecule has 0 aliphatic rings. The van der Waals surface area contributed by atoms with Crippen LogP contribution in [0.4, 0.5) is 4.79 Å². The minimum atomic E-state index is -1.07. The molecule has 0 aliphatic heterocycles. The molecule has 0 aliphatic carbocycles. The minimum Gasteiger partial charge on any atom is -0.480 e. The topological polar surface area (TPSA) is 119 Å². The summed E-state index contributed by atoms with van der Waals surface area (Å²) in [5.41, 5.74) is 9.84. The number of rotatable bonds is 4. The number of urea groups is 1. The first-order valence-corrected chi connectivity index (χ1v) is 3.34. The van der Waals surface area contributed by atoms with Crippen molar-refractivity contribution in [3.8, 4) is 0 Å². The van der Waals surface area contributed by atoms with E-state index in [0.717, 1.165) is 0 Å². The average molecular weight is 173 g/mol. The molecule has 0 unspecified atom stereocenters. The third-order valence-electron chi connectivity index (χ3n) is 1.14. The summed E-state index contributed by atoms with van der Waals surface area (Å²) >= 11 is 0. The van der Waals surface area contributed by atoms with Gasteiger partial charge < -0.3 is 16.6 Å². The lowest BCUT2D eigenvalue weighted by Crippen LogP contribution is -2.29. The number of primary amides is 1. The lowest BCUT2D eigenvalue weighted by atomic mass is 10.2. The van der Waals surface area contributed by atoms with Crippen molar-refractivity contribution in [2.45, 2.75) is 18.9 Å². The molecule has 6 nitrogen and oxygen atoms in total. The van der Waals surface area contributed by atoms with Gasteiger partial charge in [-0.3, -0.25) is 4.79 Å². The van der Waals surface area contributed by atoms with Gasteiger partial charge in [-0.25, -0.2) is 9.79 Å².